The highest BCUT2D eigenvalue weighted by atomic mass is 16.6. The summed E-state index contributed by atoms with van der Waals surface area (Å²) in [5.41, 5.74) is -3.00. The number of carbonyl (C=O) groups is 4. The molecule has 8 atom stereocenters. The lowest BCUT2D eigenvalue weighted by Gasteiger charge is -2.64. The monoisotopic (exact) mass is 568 g/mol. The third kappa shape index (κ3) is 4.06. The van der Waals surface area contributed by atoms with Crippen molar-refractivity contribution in [3.8, 4) is 0 Å². The van der Waals surface area contributed by atoms with Crippen LogP contribution in [0.2, 0.25) is 0 Å². The summed E-state index contributed by atoms with van der Waals surface area (Å²) in [6.45, 7) is 11.1. The van der Waals surface area contributed by atoms with Gasteiger partial charge in [0, 0.05) is 34.3 Å². The van der Waals surface area contributed by atoms with E-state index >= 15 is 0 Å². The molecule has 4 aliphatic rings. The molecular weight excluding hydrogens is 528 g/mol. The number of allylic oxidation sites excluding steroid dienone is 1. The molecule has 222 valence electrons. The molecule has 2 fully saturated rings. The highest BCUT2D eigenvalue weighted by Gasteiger charge is 2.73. The van der Waals surface area contributed by atoms with Gasteiger partial charge >= 0.3 is 17.9 Å². The Morgan fingerprint density at radius 2 is 1.90 bits per heavy atom. The van der Waals surface area contributed by atoms with E-state index in [4.69, 9.17) is 18.6 Å². The molecule has 1 aromatic heterocycles. The van der Waals surface area contributed by atoms with E-state index in [0.717, 1.165) is 0 Å². The number of aliphatic hydroxyl groups is 1. The zero-order chi connectivity index (χ0) is 30.1. The van der Waals surface area contributed by atoms with Crippen LogP contribution in [0.1, 0.15) is 78.9 Å². The first-order valence-electron chi connectivity index (χ1n) is 14.4. The summed E-state index contributed by atoms with van der Waals surface area (Å²) in [6, 6.07) is 1.76. The van der Waals surface area contributed by atoms with Gasteiger partial charge in [-0.15, -0.1) is 0 Å². The summed E-state index contributed by atoms with van der Waals surface area (Å²) >= 11 is 0. The number of Topliss-reactive ketones (excluding diaryl/α,β-unsaturated/α-hetero) is 1. The Kier molecular flexibility index (Phi) is 6.92. The fraction of sp³-hybridized carbons (Fsp3) is 0.625. The highest BCUT2D eigenvalue weighted by molar-refractivity contribution is 6.00. The molecule has 0 aromatic carbocycles. The zero-order valence-corrected chi connectivity index (χ0v) is 24.8. The summed E-state index contributed by atoms with van der Waals surface area (Å²) in [7, 11) is 1.30. The van der Waals surface area contributed by atoms with Crippen molar-refractivity contribution in [2.24, 2.45) is 34.0 Å². The topological polar surface area (TPSA) is 129 Å². The lowest BCUT2D eigenvalue weighted by Crippen LogP contribution is -2.73. The largest absolute Gasteiger partial charge is 0.472 e. The van der Waals surface area contributed by atoms with Crippen LogP contribution in [-0.4, -0.2) is 47.6 Å². The van der Waals surface area contributed by atoms with Crippen molar-refractivity contribution in [3.63, 3.8) is 0 Å². The van der Waals surface area contributed by atoms with Crippen LogP contribution in [0.5, 0.6) is 0 Å². The van der Waals surface area contributed by atoms with Crippen molar-refractivity contribution in [3.05, 3.63) is 47.5 Å². The van der Waals surface area contributed by atoms with Crippen LogP contribution >= 0.6 is 0 Å². The highest BCUT2D eigenvalue weighted by Crippen LogP contribution is 2.68. The van der Waals surface area contributed by atoms with E-state index in [-0.39, 0.29) is 6.42 Å². The lowest BCUT2D eigenvalue weighted by molar-refractivity contribution is -0.223. The predicted molar refractivity (Wildman–Crippen MR) is 146 cm³/mol. The molecule has 0 spiro atoms. The first kappa shape index (κ1) is 29.3. The van der Waals surface area contributed by atoms with Crippen molar-refractivity contribution in [2.75, 3.05) is 7.11 Å². The van der Waals surface area contributed by atoms with E-state index in [2.05, 4.69) is 0 Å². The van der Waals surface area contributed by atoms with Crippen molar-refractivity contribution in [1.29, 1.82) is 0 Å². The van der Waals surface area contributed by atoms with Crippen LogP contribution < -0.4 is 0 Å². The first-order valence-corrected chi connectivity index (χ1v) is 14.4. The second kappa shape index (κ2) is 9.68. The molecule has 1 aliphatic heterocycles. The van der Waals surface area contributed by atoms with Gasteiger partial charge < -0.3 is 23.7 Å². The Morgan fingerprint density at radius 3 is 2.51 bits per heavy atom. The average Bonchev–Trinajstić information content (AvgIpc) is 3.46. The molecule has 2 heterocycles. The maximum Gasteiger partial charge on any atom is 0.331 e. The molecular formula is C32H40O9. The summed E-state index contributed by atoms with van der Waals surface area (Å²) in [5.74, 6) is -3.52. The summed E-state index contributed by atoms with van der Waals surface area (Å²) in [5, 5.41) is 12.4. The third-order valence-electron chi connectivity index (χ3n) is 10.7. The number of methoxy groups -OCH3 is 1. The lowest BCUT2D eigenvalue weighted by atomic mass is 9.40. The number of cyclic esters (lactones) is 1. The van der Waals surface area contributed by atoms with Gasteiger partial charge in [0.05, 0.1) is 25.6 Å². The SMILES string of the molecule is CCC(C)C(=O)O[C@H]1C(C)(C)[C@H](CC(=O)OC)[C@]2(C)C(=O)[C@@]1(O)C=C1C3=CC(=O)O[C@@H](c4ccoc4)[C@]3(C)CC[C@@H]12. The smallest absolute Gasteiger partial charge is 0.331 e. The van der Waals surface area contributed by atoms with Gasteiger partial charge in [0.1, 0.15) is 12.2 Å². The van der Waals surface area contributed by atoms with Gasteiger partial charge in [-0.1, -0.05) is 41.5 Å². The maximum absolute atomic E-state index is 14.5. The third-order valence-corrected chi connectivity index (χ3v) is 10.7. The van der Waals surface area contributed by atoms with Gasteiger partial charge in [-0.2, -0.15) is 0 Å². The number of carbonyl (C=O) groups excluding carboxylic acids is 4. The Morgan fingerprint density at radius 1 is 1.20 bits per heavy atom. The van der Waals surface area contributed by atoms with Gasteiger partial charge in [-0.3, -0.25) is 14.4 Å². The second-order valence-electron chi connectivity index (χ2n) is 13.3. The molecule has 41 heavy (non-hydrogen) atoms. The number of esters is 3. The van der Waals surface area contributed by atoms with Crippen molar-refractivity contribution < 1.29 is 42.9 Å². The van der Waals surface area contributed by atoms with Crippen molar-refractivity contribution >= 4 is 23.7 Å². The van der Waals surface area contributed by atoms with Gasteiger partial charge in [-0.25, -0.2) is 4.79 Å². The van der Waals surface area contributed by atoms with Crippen LogP contribution in [0.3, 0.4) is 0 Å². The fourth-order valence-corrected chi connectivity index (χ4v) is 8.21. The fourth-order valence-electron chi connectivity index (χ4n) is 8.21. The van der Waals surface area contributed by atoms with Crippen molar-refractivity contribution in [1.82, 2.24) is 0 Å². The van der Waals surface area contributed by atoms with E-state index in [1.807, 2.05) is 27.7 Å². The van der Waals surface area contributed by atoms with Crippen molar-refractivity contribution in [2.45, 2.75) is 85.0 Å². The molecule has 3 aliphatic carbocycles. The molecule has 0 radical (unpaired) electrons. The molecule has 0 saturated heterocycles. The molecule has 0 amide bonds. The van der Waals surface area contributed by atoms with Crippen LogP contribution in [0, 0.1) is 34.0 Å². The minimum atomic E-state index is -2.18. The van der Waals surface area contributed by atoms with Crippen LogP contribution in [0.4, 0.5) is 0 Å². The standard InChI is InChI=1S/C32H40O9/c1-8-17(2)26(35)41-28-29(3,4)22(14-23(33)38-7)31(6)20-9-11-30(5)21(19(20)15-32(28,37)27(31)36)13-24(34)40-25(30)18-10-12-39-16-18/h10,12-13,15-17,20,22,25,28,37H,8-9,11,14H2,1-7H3/t17?,20-,22-,25-,28-,30+,31+,32-/m0/s1. The number of rotatable bonds is 6. The molecule has 9 nitrogen and oxygen atoms in total. The summed E-state index contributed by atoms with van der Waals surface area (Å²) < 4.78 is 22.2. The second-order valence-corrected chi connectivity index (χ2v) is 13.3. The Hall–Kier alpha value is -3.20. The van der Waals surface area contributed by atoms with Crippen LogP contribution in [0.25, 0.3) is 0 Å². The Balaban J connectivity index is 1.72. The Bertz CT molecular complexity index is 1340. The quantitative estimate of drug-likeness (QED) is 0.385. The van der Waals surface area contributed by atoms with E-state index in [0.29, 0.717) is 36.0 Å². The minimum Gasteiger partial charge on any atom is -0.472 e. The molecule has 2 bridgehead atoms. The van der Waals surface area contributed by atoms with E-state index in [9.17, 15) is 24.3 Å². The number of fused-ring (bicyclic) bond motifs is 6. The normalized spacial score (nSPS) is 38.0. The number of hydrogen-bond acceptors (Lipinski definition) is 9. The van der Waals surface area contributed by atoms with Gasteiger partial charge in [0.15, 0.2) is 11.4 Å². The Labute approximate surface area is 240 Å². The van der Waals surface area contributed by atoms with Gasteiger partial charge in [0.2, 0.25) is 0 Å². The molecule has 1 N–H and O–H groups in total. The number of furan rings is 1. The number of ether oxygens (including phenoxy) is 3. The predicted octanol–water partition coefficient (Wildman–Crippen LogP) is 4.64. The van der Waals surface area contributed by atoms with Crippen LogP contribution in [-0.2, 0) is 33.4 Å². The molecule has 2 saturated carbocycles. The average molecular weight is 569 g/mol. The van der Waals surface area contributed by atoms with E-state index in [1.165, 1.54) is 25.5 Å². The van der Waals surface area contributed by atoms with Crippen LogP contribution in [0.15, 0.2) is 46.3 Å². The van der Waals surface area contributed by atoms with Gasteiger partial charge in [0.25, 0.3) is 0 Å². The minimum absolute atomic E-state index is 0.0982. The summed E-state index contributed by atoms with van der Waals surface area (Å²) in [6.07, 6.45) is 5.73. The number of ketones is 1. The maximum atomic E-state index is 14.5. The molecule has 5 rings (SSSR count). The van der Waals surface area contributed by atoms with Gasteiger partial charge in [-0.05, 0) is 54.4 Å². The molecule has 1 aromatic rings. The van der Waals surface area contributed by atoms with E-state index in [1.54, 1.807) is 26.2 Å². The summed E-state index contributed by atoms with van der Waals surface area (Å²) in [4.78, 5) is 53.4. The molecule has 9 heteroatoms. The van der Waals surface area contributed by atoms with E-state index < -0.39 is 75.5 Å². The first-order chi connectivity index (χ1) is 19.2. The molecule has 1 unspecified atom stereocenters. The number of hydrogen-bond donors (Lipinski definition) is 1. The zero-order valence-electron chi connectivity index (χ0n) is 24.8.